The summed E-state index contributed by atoms with van der Waals surface area (Å²) in [5, 5.41) is 3.20. The Hall–Kier alpha value is -0.850. The summed E-state index contributed by atoms with van der Waals surface area (Å²) in [6.45, 7) is 0. The molecule has 1 amide bonds. The molecule has 0 spiro atoms. The fourth-order valence-corrected chi connectivity index (χ4v) is 2.27. The minimum absolute atomic E-state index is 0.0840. The first-order valence-electron chi connectivity index (χ1n) is 5.19. The molecule has 0 aromatic heterocycles. The van der Waals surface area contributed by atoms with Crippen molar-refractivity contribution in [2.75, 3.05) is 5.32 Å². The zero-order valence-corrected chi connectivity index (χ0v) is 13.1. The van der Waals surface area contributed by atoms with Gasteiger partial charge >= 0.3 is 0 Å². The summed E-state index contributed by atoms with van der Waals surface area (Å²) in [6, 6.07) is 9.05. The number of amides is 1. The van der Waals surface area contributed by atoms with E-state index in [4.69, 9.17) is 23.2 Å². The molecule has 0 aliphatic heterocycles. The average Bonchev–Trinajstić information content (AvgIpc) is 2.33. The number of rotatable bonds is 2. The molecule has 0 fully saturated rings. The Labute approximate surface area is 133 Å². The van der Waals surface area contributed by atoms with E-state index < -0.39 is 11.7 Å². The molecule has 0 saturated carbocycles. The minimum atomic E-state index is -0.674. The van der Waals surface area contributed by atoms with Crippen LogP contribution < -0.4 is 5.32 Å². The summed E-state index contributed by atoms with van der Waals surface area (Å²) in [5.74, 6) is -1.25. The fraction of sp³-hybridized carbons (Fsp3) is 0. The fourth-order valence-electron chi connectivity index (χ4n) is 1.46. The lowest BCUT2D eigenvalue weighted by molar-refractivity contribution is 0.102. The summed E-state index contributed by atoms with van der Waals surface area (Å²) in [5.41, 5.74) is 0.354. The van der Waals surface area contributed by atoms with Crippen LogP contribution in [0.3, 0.4) is 0 Å². The van der Waals surface area contributed by atoms with Gasteiger partial charge < -0.3 is 5.32 Å². The van der Waals surface area contributed by atoms with Crippen molar-refractivity contribution in [1.29, 1.82) is 0 Å². The van der Waals surface area contributed by atoms with Crippen LogP contribution in [-0.2, 0) is 0 Å². The largest absolute Gasteiger partial charge is 0.321 e. The number of hydrogen-bond donors (Lipinski definition) is 1. The quantitative estimate of drug-likeness (QED) is 0.695. The van der Waals surface area contributed by atoms with E-state index in [1.54, 1.807) is 18.2 Å². The third-order valence-electron chi connectivity index (χ3n) is 2.35. The van der Waals surface area contributed by atoms with Gasteiger partial charge in [0.15, 0.2) is 0 Å². The summed E-state index contributed by atoms with van der Waals surface area (Å²) >= 11 is 13.7. The molecule has 0 heterocycles. The van der Waals surface area contributed by atoms with E-state index in [1.165, 1.54) is 12.1 Å². The second-order valence-corrected chi connectivity index (χ2v) is 5.79. The maximum Gasteiger partial charge on any atom is 0.258 e. The zero-order valence-electron chi connectivity index (χ0n) is 9.38. The molecule has 1 N–H and O–H groups in total. The van der Waals surface area contributed by atoms with E-state index in [0.717, 1.165) is 9.64 Å². The van der Waals surface area contributed by atoms with E-state index in [9.17, 15) is 9.18 Å². The SMILES string of the molecule is O=C(Nc1cc(I)ccc1Cl)c1ccc(Cl)cc1F. The minimum Gasteiger partial charge on any atom is -0.321 e. The molecule has 2 rings (SSSR count). The van der Waals surface area contributed by atoms with Gasteiger partial charge in [-0.25, -0.2) is 4.39 Å². The molecule has 2 aromatic rings. The topological polar surface area (TPSA) is 29.1 Å². The molecular weight excluding hydrogens is 403 g/mol. The van der Waals surface area contributed by atoms with Crippen LogP contribution in [-0.4, -0.2) is 5.91 Å². The molecule has 6 heteroatoms. The first kappa shape index (κ1) is 14.6. The number of hydrogen-bond acceptors (Lipinski definition) is 1. The van der Waals surface area contributed by atoms with E-state index in [0.29, 0.717) is 10.7 Å². The highest BCUT2D eigenvalue weighted by molar-refractivity contribution is 14.1. The summed E-state index contributed by atoms with van der Waals surface area (Å²) in [6.07, 6.45) is 0. The second-order valence-electron chi connectivity index (χ2n) is 3.70. The Morgan fingerprint density at radius 1 is 1.16 bits per heavy atom. The Morgan fingerprint density at radius 3 is 2.58 bits per heavy atom. The van der Waals surface area contributed by atoms with Crippen LogP contribution in [0, 0.1) is 9.39 Å². The van der Waals surface area contributed by atoms with Crippen molar-refractivity contribution in [3.05, 3.63) is 61.4 Å². The average molecular weight is 410 g/mol. The molecule has 2 aromatic carbocycles. The predicted molar refractivity (Wildman–Crippen MR) is 83.5 cm³/mol. The van der Waals surface area contributed by atoms with Crippen molar-refractivity contribution in [3.63, 3.8) is 0 Å². The smallest absolute Gasteiger partial charge is 0.258 e. The van der Waals surface area contributed by atoms with Crippen molar-refractivity contribution >= 4 is 57.4 Å². The van der Waals surface area contributed by atoms with Gasteiger partial charge in [-0.1, -0.05) is 23.2 Å². The molecule has 0 unspecified atom stereocenters. The number of nitrogens with one attached hydrogen (secondary N) is 1. The molecule has 0 bridgehead atoms. The van der Waals surface area contributed by atoms with Crippen molar-refractivity contribution in [2.24, 2.45) is 0 Å². The molecule has 98 valence electrons. The second kappa shape index (κ2) is 6.07. The lowest BCUT2D eigenvalue weighted by Crippen LogP contribution is -2.14. The van der Waals surface area contributed by atoms with E-state index in [2.05, 4.69) is 27.9 Å². The van der Waals surface area contributed by atoms with Gasteiger partial charge in [0.05, 0.1) is 16.3 Å². The van der Waals surface area contributed by atoms with Gasteiger partial charge in [0.2, 0.25) is 0 Å². The first-order chi connectivity index (χ1) is 8.97. The maximum atomic E-state index is 13.6. The number of anilines is 1. The molecule has 19 heavy (non-hydrogen) atoms. The highest BCUT2D eigenvalue weighted by Gasteiger charge is 2.13. The van der Waals surface area contributed by atoms with Crippen molar-refractivity contribution in [1.82, 2.24) is 0 Å². The van der Waals surface area contributed by atoms with Crippen LogP contribution in [0.4, 0.5) is 10.1 Å². The summed E-state index contributed by atoms with van der Waals surface area (Å²) < 4.78 is 14.5. The molecule has 0 saturated heterocycles. The van der Waals surface area contributed by atoms with Gasteiger partial charge in [0, 0.05) is 8.59 Å². The van der Waals surface area contributed by atoms with Crippen LogP contribution in [0.25, 0.3) is 0 Å². The third-order valence-corrected chi connectivity index (χ3v) is 3.59. The van der Waals surface area contributed by atoms with Crippen LogP contribution in [0.5, 0.6) is 0 Å². The van der Waals surface area contributed by atoms with E-state index in [1.807, 2.05) is 0 Å². The van der Waals surface area contributed by atoms with Crippen molar-refractivity contribution < 1.29 is 9.18 Å². The summed E-state index contributed by atoms with van der Waals surface area (Å²) in [7, 11) is 0. The van der Waals surface area contributed by atoms with Crippen molar-refractivity contribution in [3.8, 4) is 0 Å². The van der Waals surface area contributed by atoms with Crippen molar-refractivity contribution in [2.45, 2.75) is 0 Å². The molecule has 2 nitrogen and oxygen atoms in total. The molecule has 0 aliphatic carbocycles. The van der Waals surface area contributed by atoms with Gasteiger partial charge in [-0.15, -0.1) is 0 Å². The Kier molecular flexibility index (Phi) is 4.65. The standard InChI is InChI=1S/C13H7Cl2FINO/c14-7-1-3-9(11(16)5-7)13(19)18-12-6-8(17)2-4-10(12)15/h1-6H,(H,18,19). The van der Waals surface area contributed by atoms with E-state index >= 15 is 0 Å². The highest BCUT2D eigenvalue weighted by atomic mass is 127. The number of benzene rings is 2. The number of carbonyl (C=O) groups is 1. The highest BCUT2D eigenvalue weighted by Crippen LogP contribution is 2.25. The number of halogens is 4. The third kappa shape index (κ3) is 3.58. The van der Waals surface area contributed by atoms with E-state index in [-0.39, 0.29) is 10.6 Å². The normalized spacial score (nSPS) is 10.3. The van der Waals surface area contributed by atoms with Gasteiger partial charge in [-0.3, -0.25) is 4.79 Å². The number of carbonyl (C=O) groups excluding carboxylic acids is 1. The van der Waals surface area contributed by atoms with Gasteiger partial charge in [0.25, 0.3) is 5.91 Å². The maximum absolute atomic E-state index is 13.6. The predicted octanol–water partition coefficient (Wildman–Crippen LogP) is 4.99. The molecule has 0 atom stereocenters. The van der Waals surface area contributed by atoms with Crippen LogP contribution >= 0.6 is 45.8 Å². The van der Waals surface area contributed by atoms with Gasteiger partial charge in [-0.05, 0) is 59.0 Å². The zero-order chi connectivity index (χ0) is 14.0. The lowest BCUT2D eigenvalue weighted by atomic mass is 10.2. The van der Waals surface area contributed by atoms with Gasteiger partial charge in [0.1, 0.15) is 5.82 Å². The Balaban J connectivity index is 2.28. The molecule has 0 radical (unpaired) electrons. The van der Waals surface area contributed by atoms with Crippen LogP contribution in [0.1, 0.15) is 10.4 Å². The Morgan fingerprint density at radius 2 is 1.89 bits per heavy atom. The van der Waals surface area contributed by atoms with Crippen LogP contribution in [0.2, 0.25) is 10.0 Å². The Bertz CT molecular complexity index is 649. The molecule has 0 aliphatic rings. The molecular formula is C13H7Cl2FINO. The van der Waals surface area contributed by atoms with Crippen LogP contribution in [0.15, 0.2) is 36.4 Å². The lowest BCUT2D eigenvalue weighted by Gasteiger charge is -2.08. The first-order valence-corrected chi connectivity index (χ1v) is 7.02. The van der Waals surface area contributed by atoms with Gasteiger partial charge in [-0.2, -0.15) is 0 Å². The monoisotopic (exact) mass is 409 g/mol. The summed E-state index contributed by atoms with van der Waals surface area (Å²) in [4.78, 5) is 12.0.